The Morgan fingerprint density at radius 3 is 1.94 bits per heavy atom. The number of para-hydroxylation sites is 1. The molecule has 2 rings (SSSR count). The standard InChI is InChI=1S/C6H7N.C5H11NO2S/c7-6-4-2-1-3-5-6;1-6-2-4-9(7,8)5-3-6/h1-5H,7H2;2-5H2,1H3. The van der Waals surface area contributed by atoms with Crippen molar-refractivity contribution in [1.29, 1.82) is 0 Å². The molecule has 1 heterocycles. The molecule has 0 spiro atoms. The average Bonchev–Trinajstić information content (AvgIpc) is 2.25. The predicted octanol–water partition coefficient (Wildman–Crippen LogP) is 0.615. The molecule has 16 heavy (non-hydrogen) atoms. The van der Waals surface area contributed by atoms with Crippen molar-refractivity contribution in [2.45, 2.75) is 0 Å². The number of hydrogen-bond acceptors (Lipinski definition) is 4. The molecule has 0 bridgehead atoms. The second-order valence-corrected chi connectivity index (χ2v) is 6.17. The summed E-state index contributed by atoms with van der Waals surface area (Å²) in [4.78, 5) is 2.03. The first-order valence-corrected chi connectivity index (χ1v) is 7.01. The van der Waals surface area contributed by atoms with Crippen LogP contribution in [0.25, 0.3) is 0 Å². The number of nitrogen functional groups attached to an aromatic ring is 1. The lowest BCUT2D eigenvalue weighted by atomic mass is 10.3. The Balaban J connectivity index is 0.000000165. The Bertz CT molecular complexity index is 389. The molecule has 1 aromatic rings. The second-order valence-electron chi connectivity index (χ2n) is 3.87. The van der Waals surface area contributed by atoms with E-state index in [0.717, 1.165) is 5.69 Å². The van der Waals surface area contributed by atoms with E-state index in [1.807, 2.05) is 42.3 Å². The van der Waals surface area contributed by atoms with Gasteiger partial charge in [0.15, 0.2) is 9.84 Å². The molecule has 0 atom stereocenters. The Morgan fingerprint density at radius 2 is 1.62 bits per heavy atom. The number of rotatable bonds is 0. The van der Waals surface area contributed by atoms with Crippen LogP contribution in [0.4, 0.5) is 5.69 Å². The Labute approximate surface area is 97.0 Å². The van der Waals surface area contributed by atoms with Crippen LogP contribution in [0.2, 0.25) is 0 Å². The van der Waals surface area contributed by atoms with Crippen LogP contribution in [-0.2, 0) is 9.84 Å². The Kier molecular flexibility index (Phi) is 4.76. The summed E-state index contributed by atoms with van der Waals surface area (Å²) in [6, 6.07) is 9.49. The van der Waals surface area contributed by atoms with Crippen LogP contribution < -0.4 is 5.73 Å². The van der Waals surface area contributed by atoms with Gasteiger partial charge < -0.3 is 10.6 Å². The molecule has 1 aliphatic heterocycles. The molecule has 0 saturated carbocycles. The lowest BCUT2D eigenvalue weighted by Crippen LogP contribution is -2.37. The number of sulfone groups is 1. The van der Waals surface area contributed by atoms with E-state index in [-0.39, 0.29) is 0 Å². The van der Waals surface area contributed by atoms with Crippen LogP contribution in [-0.4, -0.2) is 45.0 Å². The molecule has 2 N–H and O–H groups in total. The zero-order chi connectivity index (χ0) is 12.0. The first-order chi connectivity index (χ1) is 7.49. The van der Waals surface area contributed by atoms with Gasteiger partial charge in [0.05, 0.1) is 11.5 Å². The first-order valence-electron chi connectivity index (χ1n) is 5.19. The van der Waals surface area contributed by atoms with Gasteiger partial charge in [0, 0.05) is 18.8 Å². The van der Waals surface area contributed by atoms with Gasteiger partial charge in [0.25, 0.3) is 0 Å². The van der Waals surface area contributed by atoms with Gasteiger partial charge in [-0.2, -0.15) is 0 Å². The minimum absolute atomic E-state index is 0.337. The Morgan fingerprint density at radius 1 is 1.12 bits per heavy atom. The minimum Gasteiger partial charge on any atom is -0.399 e. The molecular formula is C11H18N2O2S. The van der Waals surface area contributed by atoms with Crippen molar-refractivity contribution >= 4 is 15.5 Å². The van der Waals surface area contributed by atoms with E-state index in [4.69, 9.17) is 5.73 Å². The van der Waals surface area contributed by atoms with Crippen LogP contribution in [0.15, 0.2) is 30.3 Å². The molecule has 0 aromatic heterocycles. The highest BCUT2D eigenvalue weighted by molar-refractivity contribution is 7.91. The van der Waals surface area contributed by atoms with Gasteiger partial charge in [0.2, 0.25) is 0 Å². The van der Waals surface area contributed by atoms with Gasteiger partial charge in [-0.05, 0) is 19.2 Å². The predicted molar refractivity (Wildman–Crippen MR) is 67.0 cm³/mol. The highest BCUT2D eigenvalue weighted by Gasteiger charge is 2.17. The second kappa shape index (κ2) is 5.86. The van der Waals surface area contributed by atoms with E-state index >= 15 is 0 Å². The SMILES string of the molecule is CN1CCS(=O)(=O)CC1.Nc1ccccc1. The molecule has 0 unspecified atom stereocenters. The summed E-state index contributed by atoms with van der Waals surface area (Å²) < 4.78 is 21.5. The quantitative estimate of drug-likeness (QED) is 0.677. The van der Waals surface area contributed by atoms with E-state index in [9.17, 15) is 8.42 Å². The number of benzene rings is 1. The maximum absolute atomic E-state index is 10.8. The van der Waals surface area contributed by atoms with Crippen molar-refractivity contribution < 1.29 is 8.42 Å². The van der Waals surface area contributed by atoms with Crippen molar-refractivity contribution in [2.75, 3.05) is 37.4 Å². The molecule has 5 heteroatoms. The molecule has 1 fully saturated rings. The number of anilines is 1. The van der Waals surface area contributed by atoms with Crippen molar-refractivity contribution in [3.05, 3.63) is 30.3 Å². The van der Waals surface area contributed by atoms with E-state index in [1.54, 1.807) is 0 Å². The van der Waals surface area contributed by atoms with Crippen LogP contribution in [0.5, 0.6) is 0 Å². The van der Waals surface area contributed by atoms with Crippen LogP contribution >= 0.6 is 0 Å². The van der Waals surface area contributed by atoms with Gasteiger partial charge in [-0.3, -0.25) is 0 Å². The molecule has 90 valence electrons. The third kappa shape index (κ3) is 5.14. The molecule has 0 aliphatic carbocycles. The van der Waals surface area contributed by atoms with Crippen LogP contribution in [0, 0.1) is 0 Å². The summed E-state index contributed by atoms with van der Waals surface area (Å²) in [6.07, 6.45) is 0. The zero-order valence-electron chi connectivity index (χ0n) is 9.46. The van der Waals surface area contributed by atoms with E-state index in [0.29, 0.717) is 24.6 Å². The number of nitrogens with zero attached hydrogens (tertiary/aromatic N) is 1. The molecule has 0 radical (unpaired) electrons. The van der Waals surface area contributed by atoms with Gasteiger partial charge in [-0.1, -0.05) is 18.2 Å². The summed E-state index contributed by atoms with van der Waals surface area (Å²) in [5, 5.41) is 0. The zero-order valence-corrected chi connectivity index (χ0v) is 10.3. The summed E-state index contributed by atoms with van der Waals surface area (Å²) in [5.41, 5.74) is 6.18. The monoisotopic (exact) mass is 242 g/mol. The van der Waals surface area contributed by atoms with E-state index in [1.165, 1.54) is 0 Å². The van der Waals surface area contributed by atoms with Gasteiger partial charge in [0.1, 0.15) is 0 Å². The number of nitrogens with two attached hydrogens (primary N) is 1. The normalized spacial score (nSPS) is 19.6. The van der Waals surface area contributed by atoms with E-state index in [2.05, 4.69) is 0 Å². The third-order valence-electron chi connectivity index (χ3n) is 2.37. The molecule has 4 nitrogen and oxygen atoms in total. The average molecular weight is 242 g/mol. The lowest BCUT2D eigenvalue weighted by molar-refractivity contribution is 0.360. The van der Waals surface area contributed by atoms with Gasteiger partial charge in [-0.25, -0.2) is 8.42 Å². The van der Waals surface area contributed by atoms with E-state index < -0.39 is 9.84 Å². The summed E-state index contributed by atoms with van der Waals surface area (Å²) in [7, 11) is -0.718. The molecule has 1 aliphatic rings. The fourth-order valence-electron chi connectivity index (χ4n) is 1.26. The molecule has 0 amide bonds. The highest BCUT2D eigenvalue weighted by atomic mass is 32.2. The fourth-order valence-corrected chi connectivity index (χ4v) is 2.64. The maximum atomic E-state index is 10.8. The van der Waals surface area contributed by atoms with Crippen molar-refractivity contribution in [3.8, 4) is 0 Å². The first kappa shape index (κ1) is 13.0. The van der Waals surface area contributed by atoms with Gasteiger partial charge >= 0.3 is 0 Å². The highest BCUT2D eigenvalue weighted by Crippen LogP contribution is 1.99. The van der Waals surface area contributed by atoms with Crippen molar-refractivity contribution in [3.63, 3.8) is 0 Å². The third-order valence-corrected chi connectivity index (χ3v) is 3.98. The van der Waals surface area contributed by atoms with Crippen molar-refractivity contribution in [1.82, 2.24) is 4.90 Å². The number of hydrogen-bond donors (Lipinski definition) is 1. The molecular weight excluding hydrogens is 224 g/mol. The summed E-state index contributed by atoms with van der Waals surface area (Å²) in [6.45, 7) is 1.39. The topological polar surface area (TPSA) is 63.4 Å². The van der Waals surface area contributed by atoms with Crippen LogP contribution in [0.1, 0.15) is 0 Å². The largest absolute Gasteiger partial charge is 0.399 e. The summed E-state index contributed by atoms with van der Waals surface area (Å²) in [5.74, 6) is 0.674. The Hall–Kier alpha value is -1.07. The molecule has 1 aromatic carbocycles. The maximum Gasteiger partial charge on any atom is 0.152 e. The molecule has 1 saturated heterocycles. The lowest BCUT2D eigenvalue weighted by Gasteiger charge is -2.21. The van der Waals surface area contributed by atoms with Crippen LogP contribution in [0.3, 0.4) is 0 Å². The summed E-state index contributed by atoms with van der Waals surface area (Å²) >= 11 is 0. The fraction of sp³-hybridized carbons (Fsp3) is 0.455. The smallest absolute Gasteiger partial charge is 0.152 e. The van der Waals surface area contributed by atoms with Crippen molar-refractivity contribution in [2.24, 2.45) is 0 Å². The van der Waals surface area contributed by atoms with Gasteiger partial charge in [-0.15, -0.1) is 0 Å². The minimum atomic E-state index is -2.66.